The van der Waals surface area contributed by atoms with Crippen molar-refractivity contribution < 1.29 is 9.53 Å². The molecule has 0 unspecified atom stereocenters. The van der Waals surface area contributed by atoms with E-state index < -0.39 is 0 Å². The Morgan fingerprint density at radius 3 is 2.91 bits per heavy atom. The van der Waals surface area contributed by atoms with E-state index in [1.165, 1.54) is 0 Å². The van der Waals surface area contributed by atoms with E-state index in [9.17, 15) is 4.79 Å². The van der Waals surface area contributed by atoms with Crippen LogP contribution in [0.15, 0.2) is 12.1 Å². The molecule has 3 rings (SSSR count). The lowest BCUT2D eigenvalue weighted by Gasteiger charge is -2.16. The molecule has 0 radical (unpaired) electrons. The van der Waals surface area contributed by atoms with Crippen LogP contribution in [0.2, 0.25) is 0 Å². The van der Waals surface area contributed by atoms with E-state index in [2.05, 4.69) is 10.3 Å². The van der Waals surface area contributed by atoms with Gasteiger partial charge in [0.15, 0.2) is 0 Å². The molecule has 1 aromatic carbocycles. The first-order valence-corrected chi connectivity index (χ1v) is 8.39. The van der Waals surface area contributed by atoms with Crippen molar-refractivity contribution in [1.29, 1.82) is 0 Å². The summed E-state index contributed by atoms with van der Waals surface area (Å²) in [5.41, 5.74) is 7.64. The SMILES string of the molecule is COc1cc2nc(C)sc2cc1NC(=O)C[C@@H]1CCC[C@H]1N.Cl. The monoisotopic (exact) mass is 355 g/mol. The quantitative estimate of drug-likeness (QED) is 0.880. The van der Waals surface area contributed by atoms with Crippen LogP contribution in [0, 0.1) is 12.8 Å². The van der Waals surface area contributed by atoms with E-state index in [-0.39, 0.29) is 24.4 Å². The van der Waals surface area contributed by atoms with Gasteiger partial charge < -0.3 is 15.8 Å². The molecule has 0 bridgehead atoms. The molecule has 126 valence electrons. The number of ether oxygens (including phenoxy) is 1. The van der Waals surface area contributed by atoms with E-state index in [4.69, 9.17) is 10.5 Å². The number of carbonyl (C=O) groups excluding carboxylic acids is 1. The summed E-state index contributed by atoms with van der Waals surface area (Å²) < 4.78 is 6.43. The fraction of sp³-hybridized carbons (Fsp3) is 0.500. The number of nitrogens with zero attached hydrogens (tertiary/aromatic N) is 1. The van der Waals surface area contributed by atoms with Crippen LogP contribution in [0.25, 0.3) is 10.2 Å². The van der Waals surface area contributed by atoms with Crippen molar-refractivity contribution in [2.75, 3.05) is 12.4 Å². The minimum Gasteiger partial charge on any atom is -0.494 e. The van der Waals surface area contributed by atoms with Crippen LogP contribution in [0.3, 0.4) is 0 Å². The summed E-state index contributed by atoms with van der Waals surface area (Å²) >= 11 is 1.61. The number of hydrogen-bond donors (Lipinski definition) is 2. The van der Waals surface area contributed by atoms with Crippen molar-refractivity contribution in [2.24, 2.45) is 11.7 Å². The lowest BCUT2D eigenvalue weighted by molar-refractivity contribution is -0.117. The molecule has 1 saturated carbocycles. The molecule has 2 atom stereocenters. The van der Waals surface area contributed by atoms with Gasteiger partial charge in [-0.15, -0.1) is 23.7 Å². The molecule has 1 aliphatic carbocycles. The number of anilines is 1. The fourth-order valence-electron chi connectivity index (χ4n) is 3.09. The molecular weight excluding hydrogens is 334 g/mol. The number of aryl methyl sites for hydroxylation is 1. The van der Waals surface area contributed by atoms with Crippen LogP contribution in [0.4, 0.5) is 5.69 Å². The largest absolute Gasteiger partial charge is 0.494 e. The van der Waals surface area contributed by atoms with Gasteiger partial charge in [-0.1, -0.05) is 6.42 Å². The molecule has 0 saturated heterocycles. The maximum atomic E-state index is 12.3. The molecule has 5 nitrogen and oxygen atoms in total. The minimum atomic E-state index is 0. The number of thiazole rings is 1. The predicted octanol–water partition coefficient (Wildman–Crippen LogP) is 3.49. The number of aromatic nitrogens is 1. The first-order valence-electron chi connectivity index (χ1n) is 7.57. The molecule has 23 heavy (non-hydrogen) atoms. The summed E-state index contributed by atoms with van der Waals surface area (Å²) in [6.07, 6.45) is 3.66. The molecule has 0 spiro atoms. The third-order valence-corrected chi connectivity index (χ3v) is 5.19. The Bertz CT molecular complexity index is 704. The summed E-state index contributed by atoms with van der Waals surface area (Å²) in [6, 6.07) is 3.96. The highest BCUT2D eigenvalue weighted by atomic mass is 35.5. The Balaban J connectivity index is 0.00000192. The van der Waals surface area contributed by atoms with Gasteiger partial charge in [0, 0.05) is 18.5 Å². The van der Waals surface area contributed by atoms with Gasteiger partial charge in [-0.05, 0) is 31.7 Å². The number of nitrogens with two attached hydrogens (primary N) is 1. The Kier molecular flexibility index (Phi) is 5.84. The summed E-state index contributed by atoms with van der Waals surface area (Å²) in [4.78, 5) is 16.7. The van der Waals surface area contributed by atoms with Crippen molar-refractivity contribution in [1.82, 2.24) is 4.98 Å². The molecule has 1 heterocycles. The maximum absolute atomic E-state index is 12.3. The Morgan fingerprint density at radius 2 is 2.26 bits per heavy atom. The Labute approximate surface area is 146 Å². The zero-order valence-corrected chi connectivity index (χ0v) is 14.9. The van der Waals surface area contributed by atoms with Crippen molar-refractivity contribution >= 4 is 45.6 Å². The van der Waals surface area contributed by atoms with Gasteiger partial charge in [0.05, 0.1) is 28.0 Å². The highest BCUT2D eigenvalue weighted by Gasteiger charge is 2.26. The van der Waals surface area contributed by atoms with Crippen LogP contribution >= 0.6 is 23.7 Å². The highest BCUT2D eigenvalue weighted by molar-refractivity contribution is 7.18. The number of hydrogen-bond acceptors (Lipinski definition) is 5. The molecule has 3 N–H and O–H groups in total. The molecule has 2 aromatic rings. The molecule has 1 aliphatic rings. The molecule has 1 amide bonds. The van der Waals surface area contributed by atoms with Gasteiger partial charge in [0.2, 0.25) is 5.91 Å². The zero-order valence-electron chi connectivity index (χ0n) is 13.3. The molecule has 1 aromatic heterocycles. The van der Waals surface area contributed by atoms with Gasteiger partial charge in [-0.3, -0.25) is 4.79 Å². The third kappa shape index (κ3) is 3.94. The second-order valence-corrected chi connectivity index (χ2v) is 7.10. The molecular formula is C16H22ClN3O2S. The van der Waals surface area contributed by atoms with E-state index >= 15 is 0 Å². The van der Waals surface area contributed by atoms with E-state index in [1.54, 1.807) is 18.4 Å². The number of halogens is 1. The number of rotatable bonds is 4. The van der Waals surface area contributed by atoms with Gasteiger partial charge in [0.1, 0.15) is 5.75 Å². The summed E-state index contributed by atoms with van der Waals surface area (Å²) in [5, 5.41) is 3.97. The normalized spacial score (nSPS) is 20.3. The van der Waals surface area contributed by atoms with Crippen LogP contribution in [-0.2, 0) is 4.79 Å². The number of fused-ring (bicyclic) bond motifs is 1. The molecule has 0 aliphatic heterocycles. The number of carbonyl (C=O) groups is 1. The fourth-order valence-corrected chi connectivity index (χ4v) is 3.94. The van der Waals surface area contributed by atoms with Crippen LogP contribution < -0.4 is 15.8 Å². The van der Waals surface area contributed by atoms with Crippen molar-refractivity contribution in [3.63, 3.8) is 0 Å². The van der Waals surface area contributed by atoms with Crippen molar-refractivity contribution in [3.8, 4) is 5.75 Å². The van der Waals surface area contributed by atoms with E-state index in [0.29, 0.717) is 23.8 Å². The lowest BCUT2D eigenvalue weighted by atomic mass is 10.00. The van der Waals surface area contributed by atoms with Gasteiger partial charge in [-0.25, -0.2) is 4.98 Å². The number of methoxy groups -OCH3 is 1. The average molecular weight is 356 g/mol. The standard InChI is InChI=1S/C16H21N3O2S.ClH/c1-9-18-13-7-14(21-2)12(8-15(13)22-9)19-16(20)6-10-4-3-5-11(10)17;/h7-8,10-11H,3-6,17H2,1-2H3,(H,19,20);1H/t10-,11+;/m0./s1. The van der Waals surface area contributed by atoms with E-state index in [0.717, 1.165) is 34.5 Å². The summed E-state index contributed by atoms with van der Waals surface area (Å²) in [5.74, 6) is 0.934. The minimum absolute atomic E-state index is 0. The molecule has 7 heteroatoms. The maximum Gasteiger partial charge on any atom is 0.224 e. The smallest absolute Gasteiger partial charge is 0.224 e. The van der Waals surface area contributed by atoms with Gasteiger partial charge in [-0.2, -0.15) is 0 Å². The van der Waals surface area contributed by atoms with Crippen molar-refractivity contribution in [2.45, 2.75) is 38.6 Å². The van der Waals surface area contributed by atoms with Gasteiger partial charge in [0.25, 0.3) is 0 Å². The highest BCUT2D eigenvalue weighted by Crippen LogP contribution is 2.34. The number of amides is 1. The lowest BCUT2D eigenvalue weighted by Crippen LogP contribution is -2.28. The molecule has 1 fully saturated rings. The first kappa shape index (κ1) is 18.0. The van der Waals surface area contributed by atoms with Gasteiger partial charge >= 0.3 is 0 Å². The second-order valence-electron chi connectivity index (χ2n) is 5.86. The van der Waals surface area contributed by atoms with Crippen LogP contribution in [-0.4, -0.2) is 24.0 Å². The predicted molar refractivity (Wildman–Crippen MR) is 96.7 cm³/mol. The van der Waals surface area contributed by atoms with Crippen molar-refractivity contribution in [3.05, 3.63) is 17.1 Å². The number of benzene rings is 1. The summed E-state index contributed by atoms with van der Waals surface area (Å²) in [7, 11) is 1.60. The Hall–Kier alpha value is -1.37. The van der Waals surface area contributed by atoms with E-state index in [1.807, 2.05) is 19.1 Å². The second kappa shape index (κ2) is 7.47. The first-order chi connectivity index (χ1) is 10.6. The summed E-state index contributed by atoms with van der Waals surface area (Å²) in [6.45, 7) is 1.97. The third-order valence-electron chi connectivity index (χ3n) is 4.26. The number of nitrogens with one attached hydrogen (secondary N) is 1. The zero-order chi connectivity index (χ0) is 15.7. The average Bonchev–Trinajstić information content (AvgIpc) is 3.02. The topological polar surface area (TPSA) is 77.2 Å². The Morgan fingerprint density at radius 1 is 1.48 bits per heavy atom. The van der Waals surface area contributed by atoms with Crippen LogP contribution in [0.5, 0.6) is 5.75 Å². The van der Waals surface area contributed by atoms with Crippen LogP contribution in [0.1, 0.15) is 30.7 Å².